The molecule has 0 aromatic heterocycles. The summed E-state index contributed by atoms with van der Waals surface area (Å²) in [6.45, 7) is 3.96. The van der Waals surface area contributed by atoms with Gasteiger partial charge in [-0.05, 0) is 30.7 Å². The summed E-state index contributed by atoms with van der Waals surface area (Å²) in [5.74, 6) is -0.630. The van der Waals surface area contributed by atoms with Crippen LogP contribution in [0, 0.1) is 5.82 Å². The molecule has 0 bridgehead atoms. The molecule has 0 radical (unpaired) electrons. The first kappa shape index (κ1) is 20.4. The van der Waals surface area contributed by atoms with E-state index in [2.05, 4.69) is 5.32 Å². The predicted octanol–water partition coefficient (Wildman–Crippen LogP) is 0.420. The molecule has 1 aliphatic heterocycles. The molecule has 1 heterocycles. The Hall–Kier alpha value is -2.29. The van der Waals surface area contributed by atoms with Crippen LogP contribution in [0.4, 0.5) is 4.39 Å². The highest BCUT2D eigenvalue weighted by atomic mass is 32.2. The Labute approximate surface area is 165 Å². The maximum atomic E-state index is 13.4. The molecule has 1 amide bonds. The van der Waals surface area contributed by atoms with Crippen molar-refractivity contribution in [1.29, 1.82) is 0 Å². The Balaban J connectivity index is 1.55. The molecule has 1 saturated heterocycles. The summed E-state index contributed by atoms with van der Waals surface area (Å²) in [6.07, 6.45) is 0. The van der Waals surface area contributed by atoms with Crippen molar-refractivity contribution in [1.82, 2.24) is 9.62 Å². The Bertz CT molecular complexity index is 913. The predicted molar refractivity (Wildman–Crippen MR) is 104 cm³/mol. The Morgan fingerprint density at radius 1 is 1.14 bits per heavy atom. The van der Waals surface area contributed by atoms with E-state index < -0.39 is 15.8 Å². The zero-order valence-corrected chi connectivity index (χ0v) is 16.6. The normalized spacial score (nSPS) is 17.2. The molecule has 2 N–H and O–H groups in total. The third-order valence-electron chi connectivity index (χ3n) is 5.11. The molecular formula is C20H25FN3O3S+. The molecule has 0 saturated carbocycles. The number of quaternary nitrogens is 1. The van der Waals surface area contributed by atoms with E-state index in [0.29, 0.717) is 32.7 Å². The molecule has 0 aliphatic carbocycles. The van der Waals surface area contributed by atoms with Gasteiger partial charge < -0.3 is 10.2 Å². The van der Waals surface area contributed by atoms with Crippen LogP contribution in [0.5, 0.6) is 0 Å². The number of nitrogens with zero attached hydrogens (tertiary/aromatic N) is 1. The molecule has 0 spiro atoms. The number of carbonyl (C=O) groups is 1. The summed E-state index contributed by atoms with van der Waals surface area (Å²) < 4.78 is 40.1. The number of rotatable bonds is 6. The maximum absolute atomic E-state index is 13.4. The summed E-state index contributed by atoms with van der Waals surface area (Å²) >= 11 is 0. The van der Waals surface area contributed by atoms with Crippen LogP contribution < -0.4 is 10.2 Å². The van der Waals surface area contributed by atoms with Crippen molar-refractivity contribution >= 4 is 15.9 Å². The van der Waals surface area contributed by atoms with Crippen molar-refractivity contribution in [2.45, 2.75) is 24.4 Å². The molecule has 150 valence electrons. The van der Waals surface area contributed by atoms with Gasteiger partial charge in [-0.15, -0.1) is 0 Å². The van der Waals surface area contributed by atoms with Crippen molar-refractivity contribution in [2.75, 3.05) is 26.2 Å². The number of hydrogen-bond donors (Lipinski definition) is 2. The lowest BCUT2D eigenvalue weighted by Gasteiger charge is -2.34. The summed E-state index contributed by atoms with van der Waals surface area (Å²) in [6, 6.07) is 14.5. The van der Waals surface area contributed by atoms with Crippen LogP contribution in [-0.2, 0) is 21.4 Å². The molecule has 3 rings (SSSR count). The summed E-state index contributed by atoms with van der Waals surface area (Å²) in [7, 11) is -3.72. The lowest BCUT2D eigenvalue weighted by molar-refractivity contribution is -0.917. The minimum atomic E-state index is -3.72. The number of nitrogens with one attached hydrogen (secondary N) is 2. The summed E-state index contributed by atoms with van der Waals surface area (Å²) in [5.41, 5.74) is 1.03. The third-order valence-corrected chi connectivity index (χ3v) is 7.01. The van der Waals surface area contributed by atoms with E-state index in [1.54, 1.807) is 0 Å². The van der Waals surface area contributed by atoms with Gasteiger partial charge in [0.25, 0.3) is 5.91 Å². The highest BCUT2D eigenvalue weighted by molar-refractivity contribution is 7.89. The van der Waals surface area contributed by atoms with Crippen LogP contribution in [0.2, 0.25) is 0 Å². The number of piperazine rings is 1. The first-order valence-corrected chi connectivity index (χ1v) is 10.7. The fraction of sp³-hybridized carbons (Fsp3) is 0.350. The number of amides is 1. The molecule has 8 heteroatoms. The topological polar surface area (TPSA) is 70.9 Å². The third kappa shape index (κ3) is 4.76. The van der Waals surface area contributed by atoms with Gasteiger partial charge in [0.05, 0.1) is 31.1 Å². The first-order chi connectivity index (χ1) is 13.4. The molecule has 1 atom stereocenters. The Morgan fingerprint density at radius 2 is 1.82 bits per heavy atom. The van der Waals surface area contributed by atoms with E-state index in [1.165, 1.54) is 22.5 Å². The van der Waals surface area contributed by atoms with Crippen LogP contribution in [0.15, 0.2) is 59.5 Å². The first-order valence-electron chi connectivity index (χ1n) is 9.30. The van der Waals surface area contributed by atoms with Crippen LogP contribution in [0.1, 0.15) is 12.5 Å². The molecule has 28 heavy (non-hydrogen) atoms. The molecule has 0 unspecified atom stereocenters. The van der Waals surface area contributed by atoms with Gasteiger partial charge in [0.15, 0.2) is 6.04 Å². The van der Waals surface area contributed by atoms with E-state index in [9.17, 15) is 17.6 Å². The number of hydrogen-bond acceptors (Lipinski definition) is 3. The zero-order valence-electron chi connectivity index (χ0n) is 15.8. The average Bonchev–Trinajstić information content (AvgIpc) is 2.72. The van der Waals surface area contributed by atoms with E-state index in [-0.39, 0.29) is 16.8 Å². The lowest BCUT2D eigenvalue weighted by Crippen LogP contribution is -3.19. The number of halogens is 1. The van der Waals surface area contributed by atoms with Gasteiger partial charge in [-0.3, -0.25) is 4.79 Å². The maximum Gasteiger partial charge on any atom is 0.278 e. The second-order valence-electron chi connectivity index (χ2n) is 6.94. The van der Waals surface area contributed by atoms with Gasteiger partial charge in [0.1, 0.15) is 5.82 Å². The molecule has 1 aliphatic rings. The minimum Gasteiger partial charge on any atom is -0.347 e. The fourth-order valence-electron chi connectivity index (χ4n) is 3.35. The van der Waals surface area contributed by atoms with Crippen molar-refractivity contribution in [3.05, 3.63) is 66.0 Å². The van der Waals surface area contributed by atoms with Gasteiger partial charge in [0.2, 0.25) is 10.0 Å². The van der Waals surface area contributed by atoms with Crippen molar-refractivity contribution in [3.8, 4) is 0 Å². The number of carbonyl (C=O) groups excluding carboxylic acids is 1. The van der Waals surface area contributed by atoms with Gasteiger partial charge in [-0.1, -0.05) is 36.4 Å². The molecular weight excluding hydrogens is 381 g/mol. The second-order valence-corrected chi connectivity index (χ2v) is 8.88. The Kier molecular flexibility index (Phi) is 6.43. The van der Waals surface area contributed by atoms with Gasteiger partial charge in [-0.2, -0.15) is 4.31 Å². The van der Waals surface area contributed by atoms with Gasteiger partial charge in [0, 0.05) is 6.54 Å². The number of benzene rings is 2. The van der Waals surface area contributed by atoms with Crippen LogP contribution >= 0.6 is 0 Å². The molecule has 2 aromatic carbocycles. The van der Waals surface area contributed by atoms with Crippen molar-refractivity contribution in [2.24, 2.45) is 0 Å². The van der Waals surface area contributed by atoms with E-state index >= 15 is 0 Å². The monoisotopic (exact) mass is 406 g/mol. The quantitative estimate of drug-likeness (QED) is 0.731. The van der Waals surface area contributed by atoms with E-state index in [1.807, 2.05) is 37.3 Å². The second kappa shape index (κ2) is 8.81. The summed E-state index contributed by atoms with van der Waals surface area (Å²) in [4.78, 5) is 13.4. The summed E-state index contributed by atoms with van der Waals surface area (Å²) in [5, 5.41) is 2.94. The Morgan fingerprint density at radius 3 is 2.46 bits per heavy atom. The van der Waals surface area contributed by atoms with E-state index in [0.717, 1.165) is 16.5 Å². The van der Waals surface area contributed by atoms with Crippen molar-refractivity contribution in [3.63, 3.8) is 0 Å². The smallest absolute Gasteiger partial charge is 0.278 e. The standard InChI is InChI=1S/C20H24FN3O3S/c1-16(20(25)22-15-17-6-3-2-4-7-17)23-10-12-24(13-11-23)28(26,27)19-9-5-8-18(21)14-19/h2-9,14,16H,10-13,15H2,1H3,(H,22,25)/p+1/t16-/m0/s1. The highest BCUT2D eigenvalue weighted by Gasteiger charge is 2.34. The lowest BCUT2D eigenvalue weighted by atomic mass is 10.2. The van der Waals surface area contributed by atoms with Crippen LogP contribution in [0.25, 0.3) is 0 Å². The highest BCUT2D eigenvalue weighted by Crippen LogP contribution is 2.16. The van der Waals surface area contributed by atoms with Gasteiger partial charge >= 0.3 is 0 Å². The van der Waals surface area contributed by atoms with Crippen LogP contribution in [-0.4, -0.2) is 50.9 Å². The van der Waals surface area contributed by atoms with Crippen molar-refractivity contribution < 1.29 is 22.5 Å². The largest absolute Gasteiger partial charge is 0.347 e. The number of sulfonamides is 1. The SMILES string of the molecule is C[C@@H](C(=O)NCc1ccccc1)[NH+]1CCN(S(=O)(=O)c2cccc(F)c2)CC1. The minimum absolute atomic E-state index is 0.0374. The zero-order chi connectivity index (χ0) is 20.1. The van der Waals surface area contributed by atoms with Crippen LogP contribution in [0.3, 0.4) is 0 Å². The molecule has 1 fully saturated rings. The van der Waals surface area contributed by atoms with E-state index in [4.69, 9.17) is 0 Å². The van der Waals surface area contributed by atoms with Gasteiger partial charge in [-0.25, -0.2) is 12.8 Å². The molecule has 6 nitrogen and oxygen atoms in total. The fourth-order valence-corrected chi connectivity index (χ4v) is 4.82. The molecule has 2 aromatic rings. The average molecular weight is 407 g/mol.